The van der Waals surface area contributed by atoms with E-state index in [-0.39, 0.29) is 11.9 Å². The topological polar surface area (TPSA) is 42.1 Å². The van der Waals surface area contributed by atoms with Crippen LogP contribution in [0.3, 0.4) is 0 Å². The van der Waals surface area contributed by atoms with Gasteiger partial charge in [0.2, 0.25) is 0 Å². The highest BCUT2D eigenvalue weighted by Gasteiger charge is 2.14. The average Bonchev–Trinajstić information content (AvgIpc) is 3.25. The van der Waals surface area contributed by atoms with Crippen LogP contribution in [-0.2, 0) is 12.8 Å². The normalized spacial score (nSPS) is 12.1. The van der Waals surface area contributed by atoms with E-state index in [1.54, 1.807) is 6.20 Å². The molecule has 1 unspecified atom stereocenters. The second-order valence-electron chi connectivity index (χ2n) is 8.49. The van der Waals surface area contributed by atoms with Gasteiger partial charge >= 0.3 is 0 Å². The van der Waals surface area contributed by atoms with Gasteiger partial charge in [-0.05, 0) is 74.1 Å². The lowest BCUT2D eigenvalue weighted by molar-refractivity contribution is 0.104. The first-order valence-electron chi connectivity index (χ1n) is 11.6. The molecule has 1 N–H and O–H groups in total. The summed E-state index contributed by atoms with van der Waals surface area (Å²) in [5, 5.41) is 0.950. The van der Waals surface area contributed by atoms with E-state index in [0.717, 1.165) is 42.3 Å². The maximum Gasteiger partial charge on any atom is 0.195 e. The maximum atomic E-state index is 12.9. The van der Waals surface area contributed by atoms with Gasteiger partial charge in [0.15, 0.2) is 5.78 Å². The zero-order valence-electron chi connectivity index (χ0n) is 18.9. The minimum Gasteiger partial charge on any atom is -0.491 e. The van der Waals surface area contributed by atoms with Crippen molar-refractivity contribution in [2.75, 3.05) is 0 Å². The van der Waals surface area contributed by atoms with Crippen LogP contribution in [0.4, 0.5) is 0 Å². The number of rotatable bonds is 10. The highest BCUT2D eigenvalue weighted by molar-refractivity contribution is 6.16. The number of aromatic nitrogens is 1. The summed E-state index contributed by atoms with van der Waals surface area (Å²) < 4.78 is 6.08. The van der Waals surface area contributed by atoms with Crippen molar-refractivity contribution in [2.45, 2.75) is 52.1 Å². The van der Waals surface area contributed by atoms with Crippen molar-refractivity contribution in [3.8, 4) is 5.75 Å². The number of aryl methyl sites for hydroxylation is 2. The van der Waals surface area contributed by atoms with Crippen molar-refractivity contribution < 1.29 is 9.53 Å². The Hall–Kier alpha value is -3.33. The number of nitrogens with one attached hydrogen (secondary N) is 1. The van der Waals surface area contributed by atoms with Gasteiger partial charge in [0.05, 0.1) is 6.10 Å². The highest BCUT2D eigenvalue weighted by Crippen LogP contribution is 2.23. The predicted molar refractivity (Wildman–Crippen MR) is 132 cm³/mol. The first-order valence-corrected chi connectivity index (χ1v) is 11.6. The molecule has 4 rings (SSSR count). The quantitative estimate of drug-likeness (QED) is 0.274. The van der Waals surface area contributed by atoms with Crippen LogP contribution in [0.15, 0.2) is 79.0 Å². The van der Waals surface area contributed by atoms with Gasteiger partial charge in [0.1, 0.15) is 5.75 Å². The van der Waals surface area contributed by atoms with Crippen molar-refractivity contribution in [3.05, 3.63) is 101 Å². The Morgan fingerprint density at radius 1 is 0.906 bits per heavy atom. The monoisotopic (exact) mass is 425 g/mol. The second kappa shape index (κ2) is 10.3. The number of ketones is 1. The Bertz CT molecular complexity index is 1160. The third-order valence-electron chi connectivity index (χ3n) is 5.93. The average molecular weight is 426 g/mol. The Kier molecular flexibility index (Phi) is 7.06. The molecule has 0 saturated heterocycles. The van der Waals surface area contributed by atoms with Gasteiger partial charge in [-0.3, -0.25) is 4.79 Å². The van der Waals surface area contributed by atoms with Crippen molar-refractivity contribution in [3.63, 3.8) is 0 Å². The number of benzene rings is 3. The third kappa shape index (κ3) is 5.28. The zero-order chi connectivity index (χ0) is 22.3. The highest BCUT2D eigenvalue weighted by atomic mass is 16.5. The number of hydrogen-bond donors (Lipinski definition) is 1. The summed E-state index contributed by atoms with van der Waals surface area (Å²) in [5.41, 5.74) is 5.14. The van der Waals surface area contributed by atoms with E-state index in [9.17, 15) is 4.79 Å². The van der Waals surface area contributed by atoms with Crippen LogP contribution < -0.4 is 4.74 Å². The molecule has 0 aliphatic heterocycles. The summed E-state index contributed by atoms with van der Waals surface area (Å²) in [5.74, 6) is 0.823. The largest absolute Gasteiger partial charge is 0.491 e. The molecule has 3 heteroatoms. The van der Waals surface area contributed by atoms with Crippen LogP contribution in [0.25, 0.3) is 10.9 Å². The molecule has 1 atom stereocenters. The van der Waals surface area contributed by atoms with Crippen molar-refractivity contribution in [2.24, 2.45) is 0 Å². The van der Waals surface area contributed by atoms with Crippen LogP contribution in [0.2, 0.25) is 0 Å². The summed E-state index contributed by atoms with van der Waals surface area (Å²) in [6.07, 6.45) is 7.40. The summed E-state index contributed by atoms with van der Waals surface area (Å²) in [4.78, 5) is 16.1. The number of H-pyrrole nitrogens is 1. The molecule has 0 saturated carbocycles. The van der Waals surface area contributed by atoms with E-state index >= 15 is 0 Å². The molecule has 0 aliphatic rings. The van der Waals surface area contributed by atoms with Gasteiger partial charge in [-0.2, -0.15) is 0 Å². The molecule has 3 nitrogen and oxygen atoms in total. The lowest BCUT2D eigenvalue weighted by atomic mass is 10.0. The zero-order valence-corrected chi connectivity index (χ0v) is 18.9. The Morgan fingerprint density at radius 2 is 1.59 bits per heavy atom. The van der Waals surface area contributed by atoms with E-state index < -0.39 is 0 Å². The van der Waals surface area contributed by atoms with Crippen molar-refractivity contribution in [1.82, 2.24) is 4.98 Å². The van der Waals surface area contributed by atoms with Crippen LogP contribution in [0.5, 0.6) is 5.75 Å². The number of ether oxygens (including phenoxy) is 1. The second-order valence-corrected chi connectivity index (χ2v) is 8.49. The molecule has 32 heavy (non-hydrogen) atoms. The molecule has 1 heterocycles. The molecule has 0 radical (unpaired) electrons. The van der Waals surface area contributed by atoms with Gasteiger partial charge in [-0.15, -0.1) is 0 Å². The maximum absolute atomic E-state index is 12.9. The molecular weight excluding hydrogens is 394 g/mol. The fraction of sp³-hybridized carbons (Fsp3) is 0.276. The molecule has 164 valence electrons. The van der Waals surface area contributed by atoms with Crippen LogP contribution in [-0.4, -0.2) is 16.9 Å². The van der Waals surface area contributed by atoms with Crippen LogP contribution in [0, 0.1) is 0 Å². The van der Waals surface area contributed by atoms with Crippen molar-refractivity contribution in [1.29, 1.82) is 0 Å². The molecular formula is C29H31NO2. The van der Waals surface area contributed by atoms with E-state index in [1.807, 2.05) is 48.5 Å². The van der Waals surface area contributed by atoms with Gasteiger partial charge in [0.25, 0.3) is 0 Å². The number of carbonyl (C=O) groups is 1. The van der Waals surface area contributed by atoms with E-state index in [4.69, 9.17) is 4.74 Å². The molecule has 3 aromatic carbocycles. The molecule has 0 aliphatic carbocycles. The molecule has 0 amide bonds. The molecule has 0 spiro atoms. The number of para-hydroxylation sites is 1. The lowest BCUT2D eigenvalue weighted by Crippen LogP contribution is -2.12. The summed E-state index contributed by atoms with van der Waals surface area (Å²) in [7, 11) is 0. The minimum atomic E-state index is 0.0204. The molecule has 4 aromatic rings. The third-order valence-corrected chi connectivity index (χ3v) is 5.93. The van der Waals surface area contributed by atoms with Gasteiger partial charge in [-0.25, -0.2) is 0 Å². The number of hydrogen-bond acceptors (Lipinski definition) is 2. The summed E-state index contributed by atoms with van der Waals surface area (Å²) in [6.45, 7) is 4.32. The SMILES string of the molecule is CCCc1ccc(CCCC(C)Oc2ccc(C(=O)c3c[nH]c4ccccc34)cc2)cc1. The fourth-order valence-corrected chi connectivity index (χ4v) is 4.15. The van der Waals surface area contributed by atoms with Crippen molar-refractivity contribution >= 4 is 16.7 Å². The molecule has 0 fully saturated rings. The van der Waals surface area contributed by atoms with E-state index in [2.05, 4.69) is 43.1 Å². The first-order chi connectivity index (χ1) is 15.6. The number of carbonyl (C=O) groups excluding carboxylic acids is 1. The predicted octanol–water partition coefficient (Wildman–Crippen LogP) is 7.14. The first kappa shape index (κ1) is 21.9. The van der Waals surface area contributed by atoms with Crippen LogP contribution >= 0.6 is 0 Å². The fourth-order valence-electron chi connectivity index (χ4n) is 4.15. The van der Waals surface area contributed by atoms with E-state index in [1.165, 1.54) is 17.5 Å². The molecule has 1 aromatic heterocycles. The van der Waals surface area contributed by atoms with Gasteiger partial charge in [-0.1, -0.05) is 55.8 Å². The summed E-state index contributed by atoms with van der Waals surface area (Å²) in [6, 6.07) is 24.3. The Morgan fingerprint density at radius 3 is 2.31 bits per heavy atom. The molecule has 0 bridgehead atoms. The van der Waals surface area contributed by atoms with Gasteiger partial charge in [0, 0.05) is 28.2 Å². The van der Waals surface area contributed by atoms with E-state index in [0.29, 0.717) is 11.1 Å². The summed E-state index contributed by atoms with van der Waals surface area (Å²) >= 11 is 0. The number of aromatic amines is 1. The smallest absolute Gasteiger partial charge is 0.195 e. The van der Waals surface area contributed by atoms with Crippen LogP contribution in [0.1, 0.15) is 60.2 Å². The number of fused-ring (bicyclic) bond motifs is 1. The van der Waals surface area contributed by atoms with Gasteiger partial charge < -0.3 is 9.72 Å². The lowest BCUT2D eigenvalue weighted by Gasteiger charge is -2.15. The Balaban J connectivity index is 1.29. The minimum absolute atomic E-state index is 0.0204. The Labute approximate surface area is 190 Å². The standard InChI is InChI=1S/C29H31NO2/c1-3-7-22-12-14-23(15-13-22)9-6-8-21(2)32-25-18-16-24(17-19-25)29(31)27-20-30-28-11-5-4-10-26(27)28/h4-5,10-21,30H,3,6-9H2,1-2H3.